The van der Waals surface area contributed by atoms with Crippen LogP contribution < -0.4 is 16.0 Å². The molecule has 98 heavy (non-hydrogen) atoms. The average molecular weight is 1370 g/mol. The lowest BCUT2D eigenvalue weighted by Gasteiger charge is -2.42. The van der Waals surface area contributed by atoms with Gasteiger partial charge in [-0.2, -0.15) is 26.3 Å². The maximum atomic E-state index is 14.6. The molecule has 10 atom stereocenters. The molecule has 1 aromatic heterocycles. The number of aliphatic hydroxyl groups excluding tert-OH is 3. The van der Waals surface area contributed by atoms with E-state index in [2.05, 4.69) is 5.32 Å². The van der Waals surface area contributed by atoms with Gasteiger partial charge in [-0.05, 0) is 106 Å². The Kier molecular flexibility index (Phi) is 23.1. The number of carbonyl (C=O) groups is 5. The molecule has 0 spiro atoms. The lowest BCUT2D eigenvalue weighted by atomic mass is 9.90. The number of fused-ring (bicyclic) bond motifs is 5. The Bertz CT molecular complexity index is 3670. The standard InChI is InChI=1S/C37H41F3N4O5.C36H47F3N4O6/c38-37(39,40)23-41-36(48)31-22-43(21-29-18-26-11-5-7-13-33(26)49-29)14-15-44(31)20-28(45)17-27(16-24-8-2-1-3-9-24)35(47)42-34-30-12-6-4-10-25(30)19-32(34)46;1-34(2,3)49-33(47)42-16-15-41(28(21-42)31(45)40-22-36(37,38)39)20-26(44)18-25(17-23-11-7-6-8-12-23)32(46)43-30-27-14-10-9-13-24(27)19-29(30)48-35(43,4)5/h1-13,18,27-28,31-32,34,45-46H,14-17,19-23H2,(H,41,48)(H,42,47);6-14,25-26,28-30,44H,15-22H2,1-5H3,(H,40,45)/t27-,28+,31+,32-,34+;25-,26+,28+,29-,30+/m11/s1. The third kappa shape index (κ3) is 19.1. The number of nitrogens with one attached hydrogen (secondary N) is 3. The van der Waals surface area contributed by atoms with Gasteiger partial charge in [0.1, 0.15) is 47.8 Å². The summed E-state index contributed by atoms with van der Waals surface area (Å²) in [6, 6.07) is 40.9. The summed E-state index contributed by atoms with van der Waals surface area (Å²) in [6.45, 7) is 7.02. The second kappa shape index (κ2) is 31.1. The molecular formula is C73H88F6N8O11. The molecular weight excluding hydrogens is 1280 g/mol. The number of nitrogens with zero attached hydrogens (tertiary/aromatic N) is 5. The number of hydrogen-bond donors (Lipinski definition) is 6. The van der Waals surface area contributed by atoms with Crippen molar-refractivity contribution in [1.82, 2.24) is 40.4 Å². The van der Waals surface area contributed by atoms with Crippen LogP contribution in [0, 0.1) is 11.8 Å². The number of furan rings is 1. The van der Waals surface area contributed by atoms with E-state index in [0.717, 1.165) is 44.3 Å². The summed E-state index contributed by atoms with van der Waals surface area (Å²) in [6.07, 6.45) is -11.2. The van der Waals surface area contributed by atoms with E-state index in [1.165, 1.54) is 4.90 Å². The first kappa shape index (κ1) is 72.8. The molecule has 0 unspecified atom stereocenters. The first-order valence-corrected chi connectivity index (χ1v) is 33.4. The van der Waals surface area contributed by atoms with Gasteiger partial charge in [-0.15, -0.1) is 0 Å². The summed E-state index contributed by atoms with van der Waals surface area (Å²) in [5, 5.41) is 41.6. The Balaban J connectivity index is 0.000000212. The molecule has 5 amide bonds. The summed E-state index contributed by atoms with van der Waals surface area (Å²) in [4.78, 5) is 75.9. The van der Waals surface area contributed by atoms with Crippen molar-refractivity contribution in [2.75, 3.05) is 65.4 Å². The molecule has 528 valence electrons. The Morgan fingerprint density at radius 2 is 1.16 bits per heavy atom. The van der Waals surface area contributed by atoms with Gasteiger partial charge in [0.05, 0.1) is 43.0 Å². The van der Waals surface area contributed by atoms with E-state index in [9.17, 15) is 65.6 Å². The highest BCUT2D eigenvalue weighted by molar-refractivity contribution is 5.84. The topological polar surface area (TPSA) is 230 Å². The average Bonchev–Trinajstić information content (AvgIpc) is 1.56. The molecule has 5 aromatic carbocycles. The highest BCUT2D eigenvalue weighted by Crippen LogP contribution is 2.49. The first-order chi connectivity index (χ1) is 46.4. The molecule has 0 bridgehead atoms. The maximum absolute atomic E-state index is 14.6. The first-order valence-electron chi connectivity index (χ1n) is 33.4. The number of β-amino-alcohol motifs (C(OH)–C–C–N with tert-alkyl or cyclic N) is 2. The number of carbonyl (C=O) groups excluding carboxylic acids is 5. The molecule has 25 heteroatoms. The van der Waals surface area contributed by atoms with Gasteiger partial charge in [0.2, 0.25) is 23.6 Å². The van der Waals surface area contributed by atoms with E-state index in [4.69, 9.17) is 13.9 Å². The molecule has 19 nitrogen and oxygen atoms in total. The van der Waals surface area contributed by atoms with Crippen LogP contribution in [0.5, 0.6) is 0 Å². The van der Waals surface area contributed by atoms with Gasteiger partial charge < -0.3 is 55.0 Å². The number of piperazine rings is 2. The van der Waals surface area contributed by atoms with Crippen molar-refractivity contribution < 1.29 is 79.5 Å². The van der Waals surface area contributed by atoms with E-state index in [0.29, 0.717) is 51.1 Å². The number of amides is 5. The van der Waals surface area contributed by atoms with Crippen LogP contribution >= 0.6 is 0 Å². The molecule has 4 heterocycles. The summed E-state index contributed by atoms with van der Waals surface area (Å²) < 4.78 is 96.1. The lowest BCUT2D eigenvalue weighted by Crippen LogP contribution is -2.62. The number of benzene rings is 5. The summed E-state index contributed by atoms with van der Waals surface area (Å²) >= 11 is 0. The minimum Gasteiger partial charge on any atom is -0.460 e. The van der Waals surface area contributed by atoms with E-state index in [1.807, 2.05) is 169 Å². The third-order valence-electron chi connectivity index (χ3n) is 18.7. The van der Waals surface area contributed by atoms with Crippen molar-refractivity contribution in [3.05, 3.63) is 179 Å². The molecule has 3 aliphatic heterocycles. The number of para-hydroxylation sites is 1. The van der Waals surface area contributed by atoms with E-state index < -0.39 is 103 Å². The van der Waals surface area contributed by atoms with Gasteiger partial charge in [0.15, 0.2) is 0 Å². The van der Waals surface area contributed by atoms with Crippen LogP contribution in [0.4, 0.5) is 31.1 Å². The maximum Gasteiger partial charge on any atom is 0.410 e. The number of rotatable bonds is 21. The van der Waals surface area contributed by atoms with E-state index in [1.54, 1.807) is 35.5 Å². The van der Waals surface area contributed by atoms with Gasteiger partial charge in [-0.25, -0.2) is 4.79 Å². The highest BCUT2D eigenvalue weighted by atomic mass is 19.4. The summed E-state index contributed by atoms with van der Waals surface area (Å²) in [5.41, 5.74) is 4.81. The Hall–Kier alpha value is -7.91. The Labute approximate surface area is 566 Å². The smallest absolute Gasteiger partial charge is 0.410 e. The summed E-state index contributed by atoms with van der Waals surface area (Å²) in [7, 11) is 0. The molecule has 3 fully saturated rings. The molecule has 0 radical (unpaired) electrons. The van der Waals surface area contributed by atoms with Gasteiger partial charge >= 0.3 is 18.4 Å². The zero-order valence-electron chi connectivity index (χ0n) is 55.7. The highest BCUT2D eigenvalue weighted by Gasteiger charge is 2.55. The van der Waals surface area contributed by atoms with Crippen LogP contribution in [-0.2, 0) is 60.9 Å². The van der Waals surface area contributed by atoms with Crippen molar-refractivity contribution in [1.29, 1.82) is 0 Å². The van der Waals surface area contributed by atoms with Crippen LogP contribution in [0.3, 0.4) is 0 Å². The fourth-order valence-corrected chi connectivity index (χ4v) is 14.2. The second-order valence-electron chi connectivity index (χ2n) is 27.8. The monoisotopic (exact) mass is 1370 g/mol. The third-order valence-corrected chi connectivity index (χ3v) is 18.7. The number of alkyl halides is 6. The molecule has 3 saturated heterocycles. The van der Waals surface area contributed by atoms with Gasteiger partial charge in [-0.3, -0.25) is 33.9 Å². The van der Waals surface area contributed by atoms with Crippen molar-refractivity contribution in [3.8, 4) is 0 Å². The molecule has 5 aliphatic rings. The Morgan fingerprint density at radius 3 is 1.76 bits per heavy atom. The minimum absolute atomic E-state index is 0.0178. The zero-order chi connectivity index (χ0) is 70.3. The predicted molar refractivity (Wildman–Crippen MR) is 352 cm³/mol. The normalized spacial score (nSPS) is 22.3. The number of ether oxygens (including phenoxy) is 2. The molecule has 2 aliphatic carbocycles. The largest absolute Gasteiger partial charge is 0.460 e. The molecule has 11 rings (SSSR count). The minimum atomic E-state index is -4.63. The van der Waals surface area contributed by atoms with E-state index >= 15 is 0 Å². The van der Waals surface area contributed by atoms with Gasteiger partial charge in [-0.1, -0.05) is 127 Å². The zero-order valence-corrected chi connectivity index (χ0v) is 55.7. The van der Waals surface area contributed by atoms with Crippen LogP contribution in [0.25, 0.3) is 11.0 Å². The SMILES string of the molecule is CC(C)(C)OC(=O)N1CCN(C[C@@H](O)C[C@@H](Cc2ccccc2)C(=O)N2[C@H]3c4ccccc4C[C@H]3OC2(C)C)[C@H](C(=O)NCC(F)(F)F)C1.O=C(N[C@H]1c2ccccc2C[C@H]1O)[C@H](Cc1ccccc1)C[C@H](O)CN1CCN(Cc2cc3ccccc3o2)C[C@H]1C(=O)NCC(F)(F)F. The predicted octanol–water partition coefficient (Wildman–Crippen LogP) is 8.44. The van der Waals surface area contributed by atoms with Crippen molar-refractivity contribution in [2.45, 2.75) is 152 Å². The number of halogens is 6. The lowest BCUT2D eigenvalue weighted by molar-refractivity contribution is -0.153. The van der Waals surface area contributed by atoms with Crippen LogP contribution in [-0.4, -0.2) is 195 Å². The van der Waals surface area contributed by atoms with Crippen LogP contribution in [0.15, 0.2) is 144 Å². The Morgan fingerprint density at radius 1 is 0.643 bits per heavy atom. The molecule has 0 saturated carbocycles. The van der Waals surface area contributed by atoms with Gasteiger partial charge in [0, 0.05) is 82.4 Å². The molecule has 6 N–H and O–H groups in total. The van der Waals surface area contributed by atoms with Crippen molar-refractivity contribution >= 4 is 40.7 Å². The van der Waals surface area contributed by atoms with E-state index in [-0.39, 0.29) is 76.1 Å². The van der Waals surface area contributed by atoms with Crippen LogP contribution in [0.1, 0.15) is 98.7 Å². The number of hydrogen-bond acceptors (Lipinski definition) is 14. The fourth-order valence-electron chi connectivity index (χ4n) is 14.2. The summed E-state index contributed by atoms with van der Waals surface area (Å²) in [5.74, 6) is -2.88. The fraction of sp³-hybridized carbons (Fsp3) is 0.493. The van der Waals surface area contributed by atoms with Crippen LogP contribution in [0.2, 0.25) is 0 Å². The van der Waals surface area contributed by atoms with Crippen molar-refractivity contribution in [3.63, 3.8) is 0 Å². The van der Waals surface area contributed by atoms with Gasteiger partial charge in [0.25, 0.3) is 0 Å². The van der Waals surface area contributed by atoms with Crippen molar-refractivity contribution in [2.24, 2.45) is 11.8 Å². The second-order valence-corrected chi connectivity index (χ2v) is 27.8. The quantitative estimate of drug-likeness (QED) is 0.0372. The number of aliphatic hydroxyl groups is 3. The molecule has 6 aromatic rings.